The fourth-order valence-electron chi connectivity index (χ4n) is 6.88. The highest BCUT2D eigenvalue weighted by molar-refractivity contribution is 7.98. The van der Waals surface area contributed by atoms with E-state index >= 15 is 0 Å². The average Bonchev–Trinajstić information content (AvgIpc) is 3.14. The second-order valence-electron chi connectivity index (χ2n) is 14.5. The summed E-state index contributed by atoms with van der Waals surface area (Å²) in [6.45, 7) is 7.74. The molecule has 8 nitrogen and oxygen atoms in total. The van der Waals surface area contributed by atoms with Gasteiger partial charge in [0.2, 0.25) is 17.7 Å². The number of hydrogen-bond acceptors (Lipinski definition) is 6. The van der Waals surface area contributed by atoms with Crippen LogP contribution in [0.3, 0.4) is 0 Å². The summed E-state index contributed by atoms with van der Waals surface area (Å²) < 4.78 is 0. The van der Waals surface area contributed by atoms with E-state index in [-0.39, 0.29) is 42.6 Å². The van der Waals surface area contributed by atoms with E-state index in [2.05, 4.69) is 64.5 Å². The second kappa shape index (κ2) is 20.4. The van der Waals surface area contributed by atoms with E-state index in [0.717, 1.165) is 39.1 Å². The zero-order valence-electron chi connectivity index (χ0n) is 31.3. The molecule has 0 aliphatic carbocycles. The minimum absolute atomic E-state index is 0.0723. The third-order valence-corrected chi connectivity index (χ3v) is 10.7. The average molecular weight is 728 g/mol. The number of rotatable bonds is 20. The number of benzene rings is 4. The van der Waals surface area contributed by atoms with Gasteiger partial charge in [-0.05, 0) is 82.2 Å². The topological polar surface area (TPSA) is 128 Å². The minimum Gasteiger partial charge on any atom is -0.394 e. The first-order valence-corrected chi connectivity index (χ1v) is 20.0. The summed E-state index contributed by atoms with van der Waals surface area (Å²) in [5.74, 6) is -0.592. The maximum atomic E-state index is 14.4. The van der Waals surface area contributed by atoms with Crippen LogP contribution in [-0.4, -0.2) is 70.8 Å². The van der Waals surface area contributed by atoms with Crippen LogP contribution in [-0.2, 0) is 27.2 Å². The van der Waals surface area contributed by atoms with Gasteiger partial charge in [-0.1, -0.05) is 119 Å². The number of thioether (sulfide) groups is 1. The molecule has 280 valence electrons. The van der Waals surface area contributed by atoms with Crippen LogP contribution in [0.2, 0.25) is 0 Å². The van der Waals surface area contributed by atoms with Gasteiger partial charge in [-0.15, -0.1) is 0 Å². The van der Waals surface area contributed by atoms with Crippen LogP contribution in [0.5, 0.6) is 0 Å². The Morgan fingerprint density at radius 3 is 1.81 bits per heavy atom. The van der Waals surface area contributed by atoms with Gasteiger partial charge >= 0.3 is 0 Å². The Morgan fingerprint density at radius 1 is 0.731 bits per heavy atom. The Balaban J connectivity index is 1.57. The van der Waals surface area contributed by atoms with Gasteiger partial charge in [0.05, 0.1) is 31.2 Å². The lowest BCUT2D eigenvalue weighted by Gasteiger charge is -2.29. The first kappa shape index (κ1) is 40.8. The maximum Gasteiger partial charge on any atom is 0.242 e. The molecular weight excluding hydrogens is 671 g/mol. The highest BCUT2D eigenvalue weighted by Crippen LogP contribution is 2.27. The number of carbonyl (C=O) groups excluding carboxylic acids is 3. The lowest BCUT2D eigenvalue weighted by Crippen LogP contribution is -2.54. The van der Waals surface area contributed by atoms with Crippen LogP contribution in [0, 0.1) is 17.8 Å². The summed E-state index contributed by atoms with van der Waals surface area (Å²) in [7, 11) is 0. The lowest BCUT2D eigenvalue weighted by atomic mass is 9.87. The molecule has 0 saturated heterocycles. The predicted octanol–water partition coefficient (Wildman–Crippen LogP) is 6.44. The van der Waals surface area contributed by atoms with Gasteiger partial charge in [0.1, 0.15) is 6.04 Å². The van der Waals surface area contributed by atoms with Gasteiger partial charge in [-0.3, -0.25) is 14.4 Å². The number of nitrogens with one attached hydrogen (secondary N) is 3. The Bertz CT molecular complexity index is 1670. The summed E-state index contributed by atoms with van der Waals surface area (Å²) in [6.07, 6.45) is 3.22. The summed E-state index contributed by atoms with van der Waals surface area (Å²) in [5.41, 5.74) is 2.14. The molecule has 4 aromatic rings. The Morgan fingerprint density at radius 2 is 1.29 bits per heavy atom. The van der Waals surface area contributed by atoms with Crippen LogP contribution < -0.4 is 16.0 Å². The van der Waals surface area contributed by atoms with Crippen molar-refractivity contribution in [2.75, 3.05) is 18.6 Å². The first-order chi connectivity index (χ1) is 25.0. The number of fused-ring (bicyclic) bond motifs is 2. The summed E-state index contributed by atoms with van der Waals surface area (Å²) in [6, 6.07) is 26.7. The molecule has 5 N–H and O–H groups in total. The minimum atomic E-state index is -1.15. The second-order valence-corrected chi connectivity index (χ2v) is 15.5. The smallest absolute Gasteiger partial charge is 0.242 e. The molecular formula is C43H57N3O5S. The van der Waals surface area contributed by atoms with E-state index in [1.165, 1.54) is 0 Å². The van der Waals surface area contributed by atoms with Gasteiger partial charge in [-0.25, -0.2) is 0 Å². The zero-order valence-corrected chi connectivity index (χ0v) is 32.1. The van der Waals surface area contributed by atoms with E-state index in [1.807, 2.05) is 70.3 Å². The van der Waals surface area contributed by atoms with Crippen LogP contribution >= 0.6 is 11.8 Å². The standard InChI is InChI=1S/C43H57N3O5S/c1-6-29(4)39(27-47)44-41(49)26-40(48)38(23-28(2)3)46-43(51)37(21-22-52-5)45-42(50)34(24-32-17-11-15-30-13-7-9-19-35(30)32)25-33-18-12-16-31-14-8-10-20-36(31)33/h7-20,28-29,34,37-40,47-48H,6,21-27H2,1-5H3,(H,44,49)(H,45,50)(H,46,51)/t29-,37-,38-,39+,40-/m0/s1. The molecule has 9 heteroatoms. The van der Waals surface area contributed by atoms with Crippen LogP contribution in [0.25, 0.3) is 21.5 Å². The van der Waals surface area contributed by atoms with E-state index in [9.17, 15) is 24.6 Å². The van der Waals surface area contributed by atoms with Gasteiger partial charge in [0.15, 0.2) is 0 Å². The number of amides is 3. The van der Waals surface area contributed by atoms with Crippen molar-refractivity contribution in [3.8, 4) is 0 Å². The normalized spacial score (nSPS) is 14.6. The van der Waals surface area contributed by atoms with Crippen LogP contribution in [0.4, 0.5) is 0 Å². The fourth-order valence-corrected chi connectivity index (χ4v) is 7.35. The van der Waals surface area contributed by atoms with E-state index in [4.69, 9.17) is 0 Å². The zero-order chi connectivity index (χ0) is 37.6. The van der Waals surface area contributed by atoms with Crippen molar-refractivity contribution in [2.45, 2.75) is 90.4 Å². The van der Waals surface area contributed by atoms with E-state index in [0.29, 0.717) is 31.4 Å². The molecule has 4 aromatic carbocycles. The molecule has 0 aromatic heterocycles. The summed E-state index contributed by atoms with van der Waals surface area (Å²) in [4.78, 5) is 41.4. The number of carbonyl (C=O) groups is 3. The molecule has 0 bridgehead atoms. The van der Waals surface area contributed by atoms with Crippen molar-refractivity contribution in [1.82, 2.24) is 16.0 Å². The Labute approximate surface area is 313 Å². The molecule has 0 unspecified atom stereocenters. The number of aliphatic hydroxyl groups is 2. The Hall–Kier alpha value is -3.92. The number of aliphatic hydroxyl groups excluding tert-OH is 2. The highest BCUT2D eigenvalue weighted by Gasteiger charge is 2.31. The molecule has 0 radical (unpaired) electrons. The van der Waals surface area contributed by atoms with Gasteiger partial charge in [-0.2, -0.15) is 11.8 Å². The number of hydrogen-bond donors (Lipinski definition) is 5. The lowest BCUT2D eigenvalue weighted by molar-refractivity contribution is -0.132. The van der Waals surface area contributed by atoms with E-state index < -0.39 is 30.1 Å². The highest BCUT2D eigenvalue weighted by atomic mass is 32.2. The van der Waals surface area contributed by atoms with Crippen molar-refractivity contribution in [3.05, 3.63) is 96.1 Å². The van der Waals surface area contributed by atoms with Crippen molar-refractivity contribution < 1.29 is 24.6 Å². The monoisotopic (exact) mass is 727 g/mol. The Kier molecular flexibility index (Phi) is 16.0. The molecule has 52 heavy (non-hydrogen) atoms. The molecule has 0 aliphatic rings. The van der Waals surface area contributed by atoms with Crippen molar-refractivity contribution in [3.63, 3.8) is 0 Å². The molecule has 5 atom stereocenters. The largest absolute Gasteiger partial charge is 0.394 e. The molecule has 3 amide bonds. The fraction of sp³-hybridized carbons (Fsp3) is 0.465. The van der Waals surface area contributed by atoms with Gasteiger partial charge in [0.25, 0.3) is 0 Å². The molecule has 0 aliphatic heterocycles. The predicted molar refractivity (Wildman–Crippen MR) is 214 cm³/mol. The SMILES string of the molecule is CC[C@H](C)[C@@H](CO)NC(=O)C[C@H](O)[C@H](CC(C)C)NC(=O)[C@H](CCSC)NC(=O)C(Cc1cccc2ccccc12)Cc1cccc2ccccc12. The summed E-state index contributed by atoms with van der Waals surface area (Å²) in [5, 5.41) is 34.4. The molecule has 0 saturated carbocycles. The van der Waals surface area contributed by atoms with Crippen molar-refractivity contribution in [1.29, 1.82) is 0 Å². The molecule has 4 rings (SSSR count). The molecule has 0 heterocycles. The van der Waals surface area contributed by atoms with Crippen LogP contribution in [0.1, 0.15) is 64.5 Å². The quantitative estimate of drug-likeness (QED) is 0.0714. The third-order valence-electron chi connectivity index (χ3n) is 10.1. The van der Waals surface area contributed by atoms with E-state index in [1.54, 1.807) is 11.8 Å². The van der Waals surface area contributed by atoms with Gasteiger partial charge in [0, 0.05) is 5.92 Å². The third kappa shape index (κ3) is 11.5. The first-order valence-electron chi connectivity index (χ1n) is 18.7. The van der Waals surface area contributed by atoms with Crippen LogP contribution in [0.15, 0.2) is 84.9 Å². The van der Waals surface area contributed by atoms with Crippen molar-refractivity contribution >= 4 is 51.0 Å². The molecule has 0 fully saturated rings. The van der Waals surface area contributed by atoms with Crippen molar-refractivity contribution in [2.24, 2.45) is 17.8 Å². The summed E-state index contributed by atoms with van der Waals surface area (Å²) >= 11 is 1.59. The molecule has 0 spiro atoms. The van der Waals surface area contributed by atoms with Gasteiger partial charge < -0.3 is 26.2 Å². The maximum absolute atomic E-state index is 14.4.